The summed E-state index contributed by atoms with van der Waals surface area (Å²) in [4.78, 5) is 24.1. The SMILES string of the molecule is CC(C)(C)CCC(N)(CCC(=O)OC(C)(C)C)CCC(=O)OC(C)(C)C. The van der Waals surface area contributed by atoms with E-state index in [1.165, 1.54) is 0 Å². The Kier molecular flexibility index (Phi) is 8.82. The second kappa shape index (κ2) is 9.20. The fourth-order valence-corrected chi connectivity index (χ4v) is 2.49. The molecule has 0 fully saturated rings. The first-order valence-electron chi connectivity index (χ1n) is 9.63. The Morgan fingerprint density at radius 2 is 1.00 bits per heavy atom. The molecule has 0 bridgehead atoms. The topological polar surface area (TPSA) is 78.6 Å². The van der Waals surface area contributed by atoms with Crippen LogP contribution < -0.4 is 5.73 Å². The zero-order valence-corrected chi connectivity index (χ0v) is 18.5. The molecular weight excluding hydrogens is 330 g/mol. The van der Waals surface area contributed by atoms with Crippen molar-refractivity contribution in [2.24, 2.45) is 11.1 Å². The largest absolute Gasteiger partial charge is 0.460 e. The molecule has 0 amide bonds. The lowest BCUT2D eigenvalue weighted by atomic mass is 9.79. The molecule has 0 saturated carbocycles. The zero-order valence-electron chi connectivity index (χ0n) is 18.5. The molecule has 2 N–H and O–H groups in total. The quantitative estimate of drug-likeness (QED) is 0.623. The van der Waals surface area contributed by atoms with Crippen LogP contribution in [-0.4, -0.2) is 28.7 Å². The predicted octanol–water partition coefficient (Wildman–Crippen LogP) is 4.75. The monoisotopic (exact) mass is 371 g/mol. The summed E-state index contributed by atoms with van der Waals surface area (Å²) < 4.78 is 10.8. The number of esters is 2. The van der Waals surface area contributed by atoms with Gasteiger partial charge in [-0.1, -0.05) is 20.8 Å². The average molecular weight is 372 g/mol. The fourth-order valence-electron chi connectivity index (χ4n) is 2.49. The third kappa shape index (κ3) is 14.1. The number of rotatable bonds is 8. The highest BCUT2D eigenvalue weighted by Crippen LogP contribution is 2.30. The second-order valence-corrected chi connectivity index (χ2v) is 10.6. The molecule has 5 heteroatoms. The Hall–Kier alpha value is -1.10. The summed E-state index contributed by atoms with van der Waals surface area (Å²) >= 11 is 0. The highest BCUT2D eigenvalue weighted by atomic mass is 16.6. The molecule has 0 aromatic heterocycles. The standard InChI is InChI=1S/C21H41NO4/c1-18(2,3)14-15-21(22,12-10-16(23)25-19(4,5)6)13-11-17(24)26-20(7,8)9/h10-15,22H2,1-9H3. The van der Waals surface area contributed by atoms with Gasteiger partial charge in [-0.25, -0.2) is 0 Å². The molecule has 0 aliphatic rings. The minimum atomic E-state index is -0.582. The summed E-state index contributed by atoms with van der Waals surface area (Å²) in [6.07, 6.45) is 3.19. The van der Waals surface area contributed by atoms with E-state index < -0.39 is 16.7 Å². The number of carbonyl (C=O) groups is 2. The van der Waals surface area contributed by atoms with Crippen molar-refractivity contribution in [1.29, 1.82) is 0 Å². The molecule has 0 spiro atoms. The van der Waals surface area contributed by atoms with Gasteiger partial charge in [-0.2, -0.15) is 0 Å². The summed E-state index contributed by atoms with van der Waals surface area (Å²) in [6, 6.07) is 0. The number of ether oxygens (including phenoxy) is 2. The molecule has 0 radical (unpaired) electrons. The minimum absolute atomic E-state index is 0.141. The molecule has 154 valence electrons. The van der Waals surface area contributed by atoms with Crippen molar-refractivity contribution in [3.63, 3.8) is 0 Å². The van der Waals surface area contributed by atoms with Gasteiger partial charge < -0.3 is 15.2 Å². The lowest BCUT2D eigenvalue weighted by Gasteiger charge is -2.33. The van der Waals surface area contributed by atoms with E-state index >= 15 is 0 Å². The third-order valence-corrected chi connectivity index (χ3v) is 3.87. The molecule has 0 aromatic rings. The lowest BCUT2D eigenvalue weighted by Crippen LogP contribution is -2.42. The summed E-state index contributed by atoms with van der Waals surface area (Å²) in [5, 5.41) is 0. The van der Waals surface area contributed by atoms with Gasteiger partial charge in [-0.05, 0) is 72.6 Å². The van der Waals surface area contributed by atoms with Crippen LogP contribution >= 0.6 is 0 Å². The van der Waals surface area contributed by atoms with Gasteiger partial charge in [-0.3, -0.25) is 9.59 Å². The molecule has 0 aliphatic heterocycles. The maximum atomic E-state index is 12.1. The van der Waals surface area contributed by atoms with Crippen LogP contribution in [0.2, 0.25) is 0 Å². The summed E-state index contributed by atoms with van der Waals surface area (Å²) in [7, 11) is 0. The van der Waals surface area contributed by atoms with Crippen LogP contribution in [0, 0.1) is 5.41 Å². The predicted molar refractivity (Wildman–Crippen MR) is 106 cm³/mol. The molecule has 0 aliphatic carbocycles. The van der Waals surface area contributed by atoms with Crippen LogP contribution in [0.1, 0.15) is 101 Å². The number of nitrogens with two attached hydrogens (primary N) is 1. The van der Waals surface area contributed by atoms with E-state index in [1.807, 2.05) is 41.5 Å². The molecule has 0 saturated heterocycles. The molecule has 5 nitrogen and oxygen atoms in total. The van der Waals surface area contributed by atoms with E-state index in [4.69, 9.17) is 15.2 Å². The Labute approximate surface area is 160 Å². The number of carbonyl (C=O) groups excluding carboxylic acids is 2. The highest BCUT2D eigenvalue weighted by Gasteiger charge is 2.30. The van der Waals surface area contributed by atoms with Gasteiger partial charge in [0.1, 0.15) is 11.2 Å². The van der Waals surface area contributed by atoms with Gasteiger partial charge in [0.2, 0.25) is 0 Å². The molecular formula is C21H41NO4. The Bertz CT molecular complexity index is 432. The third-order valence-electron chi connectivity index (χ3n) is 3.87. The van der Waals surface area contributed by atoms with Gasteiger partial charge in [0.25, 0.3) is 0 Å². The van der Waals surface area contributed by atoms with Gasteiger partial charge in [-0.15, -0.1) is 0 Å². The van der Waals surface area contributed by atoms with Gasteiger partial charge in [0.15, 0.2) is 0 Å². The van der Waals surface area contributed by atoms with Gasteiger partial charge in [0.05, 0.1) is 0 Å². The number of hydrogen-bond donors (Lipinski definition) is 1. The molecule has 26 heavy (non-hydrogen) atoms. The highest BCUT2D eigenvalue weighted by molar-refractivity contribution is 5.70. The van der Waals surface area contributed by atoms with Crippen LogP contribution in [-0.2, 0) is 19.1 Å². The maximum absolute atomic E-state index is 12.1. The van der Waals surface area contributed by atoms with Crippen LogP contribution in [0.4, 0.5) is 0 Å². The van der Waals surface area contributed by atoms with Crippen LogP contribution in [0.5, 0.6) is 0 Å². The van der Waals surface area contributed by atoms with Crippen molar-refractivity contribution < 1.29 is 19.1 Å². The van der Waals surface area contributed by atoms with E-state index in [0.717, 1.165) is 12.8 Å². The van der Waals surface area contributed by atoms with Crippen molar-refractivity contribution in [3.05, 3.63) is 0 Å². The van der Waals surface area contributed by atoms with Crippen molar-refractivity contribution in [1.82, 2.24) is 0 Å². The van der Waals surface area contributed by atoms with Crippen molar-refractivity contribution >= 4 is 11.9 Å². The van der Waals surface area contributed by atoms with E-state index in [1.54, 1.807) is 0 Å². The van der Waals surface area contributed by atoms with E-state index in [-0.39, 0.29) is 30.2 Å². The summed E-state index contributed by atoms with van der Waals surface area (Å²) in [5.74, 6) is -0.499. The molecule has 0 aromatic carbocycles. The number of hydrogen-bond acceptors (Lipinski definition) is 5. The Morgan fingerprint density at radius 1 is 0.654 bits per heavy atom. The molecule has 0 unspecified atom stereocenters. The molecule has 0 heterocycles. The summed E-state index contributed by atoms with van der Waals surface area (Å²) in [5.41, 5.74) is 5.17. The molecule has 0 atom stereocenters. The first kappa shape index (κ1) is 24.9. The fraction of sp³-hybridized carbons (Fsp3) is 0.905. The summed E-state index contributed by atoms with van der Waals surface area (Å²) in [6.45, 7) is 17.6. The van der Waals surface area contributed by atoms with E-state index in [2.05, 4.69) is 20.8 Å². The molecule has 0 rings (SSSR count). The van der Waals surface area contributed by atoms with E-state index in [9.17, 15) is 9.59 Å². The second-order valence-electron chi connectivity index (χ2n) is 10.6. The Balaban J connectivity index is 4.84. The van der Waals surface area contributed by atoms with Crippen molar-refractivity contribution in [2.75, 3.05) is 0 Å². The Morgan fingerprint density at radius 3 is 1.27 bits per heavy atom. The lowest BCUT2D eigenvalue weighted by molar-refractivity contribution is -0.155. The van der Waals surface area contributed by atoms with Gasteiger partial charge >= 0.3 is 11.9 Å². The first-order chi connectivity index (χ1) is 11.4. The van der Waals surface area contributed by atoms with Crippen LogP contribution in [0.3, 0.4) is 0 Å². The van der Waals surface area contributed by atoms with Crippen molar-refractivity contribution in [2.45, 2.75) is 118 Å². The first-order valence-corrected chi connectivity index (χ1v) is 9.63. The van der Waals surface area contributed by atoms with Gasteiger partial charge in [0, 0.05) is 18.4 Å². The smallest absolute Gasteiger partial charge is 0.306 e. The van der Waals surface area contributed by atoms with E-state index in [0.29, 0.717) is 12.8 Å². The van der Waals surface area contributed by atoms with Crippen molar-refractivity contribution in [3.8, 4) is 0 Å². The average Bonchev–Trinajstić information content (AvgIpc) is 2.37. The van der Waals surface area contributed by atoms with Crippen LogP contribution in [0.15, 0.2) is 0 Å². The van der Waals surface area contributed by atoms with Crippen LogP contribution in [0.25, 0.3) is 0 Å². The zero-order chi connectivity index (χ0) is 20.8. The maximum Gasteiger partial charge on any atom is 0.306 e. The normalized spacial score (nSPS) is 13.5. The minimum Gasteiger partial charge on any atom is -0.460 e.